The maximum Gasteiger partial charge on any atom is 0.151 e. The zero-order valence-electron chi connectivity index (χ0n) is 10.1. The third-order valence-electron chi connectivity index (χ3n) is 3.01. The van der Waals surface area contributed by atoms with Crippen LogP contribution in [0, 0.1) is 0 Å². The predicted molar refractivity (Wildman–Crippen MR) is 95.3 cm³/mol. The Hall–Kier alpha value is -0.860. The van der Waals surface area contributed by atoms with E-state index in [4.69, 9.17) is 0 Å². The molecule has 0 aliphatic carbocycles. The van der Waals surface area contributed by atoms with Gasteiger partial charge in [-0.15, -0.1) is 0 Å². The van der Waals surface area contributed by atoms with Gasteiger partial charge < -0.3 is 0 Å². The number of hydrogen-bond acceptors (Lipinski definition) is 3. The Bertz CT molecular complexity index is 786. The van der Waals surface area contributed by atoms with Crippen LogP contribution in [0.1, 0.15) is 10.4 Å². The monoisotopic (exact) mass is 458 g/mol. The van der Waals surface area contributed by atoms with Crippen molar-refractivity contribution in [1.29, 1.82) is 0 Å². The van der Waals surface area contributed by atoms with Crippen molar-refractivity contribution in [3.8, 4) is 11.1 Å². The molecule has 0 bridgehead atoms. The van der Waals surface area contributed by atoms with Gasteiger partial charge in [-0.3, -0.25) is 8.77 Å². The number of carbonyl (C=O) groups excluding carboxylic acids is 1. The Morgan fingerprint density at radius 2 is 2.05 bits per heavy atom. The summed E-state index contributed by atoms with van der Waals surface area (Å²) in [5.41, 5.74) is 3.79. The number of halogens is 2. The number of fused-ring (bicyclic) bond motifs is 1. The van der Waals surface area contributed by atoms with E-state index in [0.29, 0.717) is 5.56 Å². The molecule has 3 nitrogen and oxygen atoms in total. The minimum absolute atomic E-state index is 0.681. The van der Waals surface area contributed by atoms with Crippen molar-refractivity contribution < 1.29 is 4.79 Å². The Morgan fingerprint density at radius 3 is 2.70 bits per heavy atom. The molecule has 0 unspecified atom stereocenters. The maximum absolute atomic E-state index is 10.7. The molecule has 0 radical (unpaired) electrons. The summed E-state index contributed by atoms with van der Waals surface area (Å²) in [6.07, 6.45) is 4.72. The lowest BCUT2D eigenvalue weighted by molar-refractivity contribution is 0.112. The second kappa shape index (κ2) is 5.87. The number of pyridine rings is 1. The van der Waals surface area contributed by atoms with Crippen molar-refractivity contribution in [2.45, 2.75) is 0 Å². The molecular formula is C14H8BrIN2OS. The first-order chi connectivity index (χ1) is 9.72. The Labute approximate surface area is 140 Å². The van der Waals surface area contributed by atoms with E-state index >= 15 is 0 Å². The van der Waals surface area contributed by atoms with Gasteiger partial charge in [0.05, 0.1) is 0 Å². The van der Waals surface area contributed by atoms with Crippen LogP contribution in [0.15, 0.2) is 47.2 Å². The highest BCUT2D eigenvalue weighted by Crippen LogP contribution is 2.34. The highest BCUT2D eigenvalue weighted by atomic mass is 127. The summed E-state index contributed by atoms with van der Waals surface area (Å²) in [4.78, 5) is 15.2. The quantitative estimate of drug-likeness (QED) is 0.403. The van der Waals surface area contributed by atoms with E-state index in [1.807, 2.05) is 28.2 Å². The molecule has 0 N–H and O–H groups in total. The lowest BCUT2D eigenvalue weighted by atomic mass is 10.0. The Morgan fingerprint density at radius 1 is 1.30 bits per heavy atom. The zero-order valence-corrected chi connectivity index (χ0v) is 14.6. The van der Waals surface area contributed by atoms with Crippen LogP contribution in [-0.2, 0) is 0 Å². The van der Waals surface area contributed by atoms with Gasteiger partial charge in [0, 0.05) is 63.7 Å². The number of benzene rings is 1. The summed E-state index contributed by atoms with van der Waals surface area (Å²) in [7, 11) is 1.58. The van der Waals surface area contributed by atoms with Crippen molar-refractivity contribution in [2.24, 2.45) is 0 Å². The van der Waals surface area contributed by atoms with Crippen molar-refractivity contribution in [2.75, 3.05) is 0 Å². The molecule has 0 aliphatic rings. The fourth-order valence-electron chi connectivity index (χ4n) is 2.08. The van der Waals surface area contributed by atoms with Crippen molar-refractivity contribution in [3.63, 3.8) is 0 Å². The van der Waals surface area contributed by atoms with Crippen LogP contribution >= 0.6 is 46.3 Å². The number of rotatable bonds is 3. The summed E-state index contributed by atoms with van der Waals surface area (Å²) < 4.78 is 2.98. The van der Waals surface area contributed by atoms with E-state index in [-0.39, 0.29) is 0 Å². The summed E-state index contributed by atoms with van der Waals surface area (Å²) >= 11 is 5.70. The molecule has 2 aromatic heterocycles. The van der Waals surface area contributed by atoms with E-state index in [1.54, 1.807) is 15.3 Å². The normalized spacial score (nSPS) is 10.9. The Kier molecular flexibility index (Phi) is 4.13. The van der Waals surface area contributed by atoms with Crippen LogP contribution in [0.2, 0.25) is 0 Å². The van der Waals surface area contributed by atoms with E-state index in [0.717, 1.165) is 32.9 Å². The smallest absolute Gasteiger partial charge is 0.151 e. The second-order valence-corrected chi connectivity index (χ2v) is 6.83. The number of carbonyl (C=O) groups is 1. The van der Waals surface area contributed by atoms with E-state index < -0.39 is 0 Å². The summed E-state index contributed by atoms with van der Waals surface area (Å²) in [6, 6.07) is 9.64. The average Bonchev–Trinajstić information content (AvgIpc) is 2.85. The molecule has 1 aromatic carbocycles. The van der Waals surface area contributed by atoms with Crippen molar-refractivity contribution >= 4 is 63.6 Å². The molecule has 0 saturated carbocycles. The van der Waals surface area contributed by atoms with Gasteiger partial charge in [-0.2, -0.15) is 0 Å². The van der Waals surface area contributed by atoms with E-state index in [9.17, 15) is 4.79 Å². The molecule has 0 fully saturated rings. The molecule has 0 atom stereocenters. The van der Waals surface area contributed by atoms with Gasteiger partial charge in [0.1, 0.15) is 6.29 Å². The molecule has 0 saturated heterocycles. The standard InChI is InChI=1S/C14H8BrIN2OS/c15-11-5-12-13(7-18(20-16)14(12)17-6-11)10-3-1-9(8-19)2-4-10/h1-8H. The summed E-state index contributed by atoms with van der Waals surface area (Å²) in [5, 5.41) is 1.09. The van der Waals surface area contributed by atoms with Gasteiger partial charge in [-0.1, -0.05) is 24.3 Å². The highest BCUT2D eigenvalue weighted by molar-refractivity contribution is 14.2. The SMILES string of the molecule is O=Cc1ccc(-c2cn(SI)c3ncc(Br)cc23)cc1. The molecular weight excluding hydrogens is 451 g/mol. The predicted octanol–water partition coefficient (Wildman–Crippen LogP) is 5.12. The molecule has 3 rings (SSSR count). The molecule has 0 spiro atoms. The highest BCUT2D eigenvalue weighted by Gasteiger charge is 2.12. The van der Waals surface area contributed by atoms with Crippen LogP contribution in [0.3, 0.4) is 0 Å². The first-order valence-electron chi connectivity index (χ1n) is 5.74. The third-order valence-corrected chi connectivity index (χ3v) is 5.14. The fraction of sp³-hybridized carbons (Fsp3) is 0. The molecule has 100 valence electrons. The summed E-state index contributed by atoms with van der Waals surface area (Å²) in [5.74, 6) is 0. The van der Waals surface area contributed by atoms with Gasteiger partial charge in [-0.05, 0) is 27.6 Å². The fourth-order valence-corrected chi connectivity index (χ4v) is 3.67. The number of nitrogens with zero attached hydrogens (tertiary/aromatic N) is 2. The molecule has 0 amide bonds. The van der Waals surface area contributed by atoms with Crippen LogP contribution in [0.25, 0.3) is 22.2 Å². The first-order valence-corrected chi connectivity index (χ1v) is 9.85. The van der Waals surface area contributed by atoms with Gasteiger partial charge in [0.2, 0.25) is 0 Å². The largest absolute Gasteiger partial charge is 0.298 e. The van der Waals surface area contributed by atoms with Crippen LogP contribution < -0.4 is 0 Å². The van der Waals surface area contributed by atoms with Crippen molar-refractivity contribution in [1.82, 2.24) is 8.96 Å². The van der Waals surface area contributed by atoms with Crippen LogP contribution in [0.5, 0.6) is 0 Å². The molecule has 2 heterocycles. The summed E-state index contributed by atoms with van der Waals surface area (Å²) in [6.45, 7) is 0. The number of aldehydes is 1. The average molecular weight is 459 g/mol. The maximum atomic E-state index is 10.7. The third kappa shape index (κ3) is 2.51. The topological polar surface area (TPSA) is 34.9 Å². The zero-order chi connectivity index (χ0) is 14.1. The number of hydrogen-bond donors (Lipinski definition) is 0. The van der Waals surface area contributed by atoms with E-state index in [2.05, 4.69) is 54.4 Å². The first kappa shape index (κ1) is 14.1. The minimum atomic E-state index is 0.681. The lowest BCUT2D eigenvalue weighted by Crippen LogP contribution is -1.82. The lowest BCUT2D eigenvalue weighted by Gasteiger charge is -2.00. The molecule has 0 aliphatic heterocycles. The van der Waals surface area contributed by atoms with Crippen LogP contribution in [0.4, 0.5) is 0 Å². The van der Waals surface area contributed by atoms with Crippen LogP contribution in [-0.4, -0.2) is 15.2 Å². The van der Waals surface area contributed by atoms with Gasteiger partial charge in [0.15, 0.2) is 5.65 Å². The molecule has 6 heteroatoms. The van der Waals surface area contributed by atoms with Gasteiger partial charge in [-0.25, -0.2) is 4.98 Å². The van der Waals surface area contributed by atoms with Crippen molar-refractivity contribution in [3.05, 3.63) is 52.8 Å². The molecule has 3 aromatic rings. The minimum Gasteiger partial charge on any atom is -0.298 e. The second-order valence-electron chi connectivity index (χ2n) is 4.20. The van der Waals surface area contributed by atoms with Gasteiger partial charge in [0.25, 0.3) is 0 Å². The van der Waals surface area contributed by atoms with Gasteiger partial charge >= 0.3 is 0 Å². The molecule has 20 heavy (non-hydrogen) atoms. The Balaban J connectivity index is 2.23. The number of aromatic nitrogens is 2. The van der Waals surface area contributed by atoms with E-state index in [1.165, 1.54) is 0 Å².